The number of rotatable bonds is 6. The van der Waals surface area contributed by atoms with E-state index in [1.165, 1.54) is 0 Å². The van der Waals surface area contributed by atoms with E-state index in [-0.39, 0.29) is 5.91 Å². The van der Waals surface area contributed by atoms with Crippen LogP contribution in [0.5, 0.6) is 0 Å². The molecule has 0 heterocycles. The van der Waals surface area contributed by atoms with Gasteiger partial charge in [-0.2, -0.15) is 0 Å². The van der Waals surface area contributed by atoms with Crippen LogP contribution in [0.25, 0.3) is 0 Å². The molecule has 0 rings (SSSR count). The van der Waals surface area contributed by atoms with Gasteiger partial charge >= 0.3 is 0 Å². The molecule has 90 valence electrons. The standard InChI is InChI=1S/C12H26N2O/c1-12(2,3)8-6-9-13-11(15)7-10-14(4)5/h6-10H2,1-5H3,(H,13,15). The summed E-state index contributed by atoms with van der Waals surface area (Å²) in [6.45, 7) is 8.30. The van der Waals surface area contributed by atoms with Crippen LogP contribution in [0.1, 0.15) is 40.0 Å². The van der Waals surface area contributed by atoms with Gasteiger partial charge in [-0.3, -0.25) is 4.79 Å². The number of carbonyl (C=O) groups is 1. The molecule has 15 heavy (non-hydrogen) atoms. The third-order valence-electron chi connectivity index (χ3n) is 2.21. The summed E-state index contributed by atoms with van der Waals surface area (Å²) >= 11 is 0. The van der Waals surface area contributed by atoms with Crippen LogP contribution in [0.2, 0.25) is 0 Å². The Balaban J connectivity index is 3.40. The first-order valence-corrected chi connectivity index (χ1v) is 5.73. The average Bonchev–Trinajstić information content (AvgIpc) is 2.07. The van der Waals surface area contributed by atoms with Gasteiger partial charge < -0.3 is 10.2 Å². The fourth-order valence-corrected chi connectivity index (χ4v) is 1.26. The molecule has 1 N–H and O–H groups in total. The Morgan fingerprint density at radius 3 is 2.33 bits per heavy atom. The van der Waals surface area contributed by atoms with Gasteiger partial charge in [0.15, 0.2) is 0 Å². The normalized spacial score (nSPS) is 11.9. The van der Waals surface area contributed by atoms with Crippen molar-refractivity contribution in [2.45, 2.75) is 40.0 Å². The average molecular weight is 214 g/mol. The third kappa shape index (κ3) is 11.4. The molecule has 0 aliphatic heterocycles. The van der Waals surface area contributed by atoms with E-state index in [2.05, 4.69) is 26.1 Å². The lowest BCUT2D eigenvalue weighted by molar-refractivity contribution is -0.121. The maximum absolute atomic E-state index is 11.3. The first kappa shape index (κ1) is 14.4. The predicted octanol–water partition coefficient (Wildman–Crippen LogP) is 1.88. The lowest BCUT2D eigenvalue weighted by Gasteiger charge is -2.17. The second-order valence-electron chi connectivity index (χ2n) is 5.57. The minimum absolute atomic E-state index is 0.164. The molecule has 0 unspecified atom stereocenters. The molecule has 0 aromatic carbocycles. The van der Waals surface area contributed by atoms with Crippen molar-refractivity contribution in [3.05, 3.63) is 0 Å². The number of nitrogens with one attached hydrogen (secondary N) is 1. The molecule has 3 nitrogen and oxygen atoms in total. The molecule has 0 bridgehead atoms. The lowest BCUT2D eigenvalue weighted by atomic mass is 9.91. The van der Waals surface area contributed by atoms with Gasteiger partial charge in [-0.25, -0.2) is 0 Å². The third-order valence-corrected chi connectivity index (χ3v) is 2.21. The fourth-order valence-electron chi connectivity index (χ4n) is 1.26. The fraction of sp³-hybridized carbons (Fsp3) is 0.917. The molecule has 0 atom stereocenters. The van der Waals surface area contributed by atoms with Crippen molar-refractivity contribution in [2.75, 3.05) is 27.2 Å². The van der Waals surface area contributed by atoms with Crippen LogP contribution in [0, 0.1) is 5.41 Å². The number of hydrogen-bond acceptors (Lipinski definition) is 2. The molecule has 0 saturated heterocycles. The minimum atomic E-state index is 0.164. The van der Waals surface area contributed by atoms with E-state index in [0.29, 0.717) is 11.8 Å². The Labute approximate surface area is 94.2 Å². The van der Waals surface area contributed by atoms with Crippen molar-refractivity contribution in [3.63, 3.8) is 0 Å². The van der Waals surface area contributed by atoms with Crippen molar-refractivity contribution in [3.8, 4) is 0 Å². The van der Waals surface area contributed by atoms with Crippen molar-refractivity contribution in [1.82, 2.24) is 10.2 Å². The second-order valence-corrected chi connectivity index (χ2v) is 5.57. The summed E-state index contributed by atoms with van der Waals surface area (Å²) in [6, 6.07) is 0. The summed E-state index contributed by atoms with van der Waals surface area (Å²) in [5.74, 6) is 0.164. The number of nitrogens with zero attached hydrogens (tertiary/aromatic N) is 1. The van der Waals surface area contributed by atoms with Gasteiger partial charge in [-0.15, -0.1) is 0 Å². The van der Waals surface area contributed by atoms with Gasteiger partial charge in [0, 0.05) is 19.5 Å². The van der Waals surface area contributed by atoms with E-state index in [1.54, 1.807) is 0 Å². The lowest BCUT2D eigenvalue weighted by Crippen LogP contribution is -2.28. The maximum atomic E-state index is 11.3. The monoisotopic (exact) mass is 214 g/mol. The zero-order valence-electron chi connectivity index (χ0n) is 10.9. The number of amides is 1. The quantitative estimate of drug-likeness (QED) is 0.685. The molecular formula is C12H26N2O. The van der Waals surface area contributed by atoms with Crippen LogP contribution in [0.15, 0.2) is 0 Å². The Bertz CT molecular complexity index is 183. The van der Waals surface area contributed by atoms with Gasteiger partial charge in [0.05, 0.1) is 0 Å². The summed E-state index contributed by atoms with van der Waals surface area (Å²) in [4.78, 5) is 13.4. The van der Waals surface area contributed by atoms with E-state index in [1.807, 2.05) is 19.0 Å². The summed E-state index contributed by atoms with van der Waals surface area (Å²) in [5.41, 5.74) is 0.369. The molecular weight excluding hydrogens is 188 g/mol. The van der Waals surface area contributed by atoms with Crippen LogP contribution in [0.4, 0.5) is 0 Å². The van der Waals surface area contributed by atoms with E-state index >= 15 is 0 Å². The zero-order valence-corrected chi connectivity index (χ0v) is 10.9. The first-order chi connectivity index (χ1) is 6.81. The van der Waals surface area contributed by atoms with Crippen LogP contribution in [-0.2, 0) is 4.79 Å². The van der Waals surface area contributed by atoms with Gasteiger partial charge in [-0.1, -0.05) is 20.8 Å². The highest BCUT2D eigenvalue weighted by Gasteiger charge is 2.09. The van der Waals surface area contributed by atoms with Crippen LogP contribution in [-0.4, -0.2) is 38.0 Å². The topological polar surface area (TPSA) is 32.3 Å². The van der Waals surface area contributed by atoms with E-state index in [4.69, 9.17) is 0 Å². The predicted molar refractivity (Wildman–Crippen MR) is 64.9 cm³/mol. The smallest absolute Gasteiger partial charge is 0.221 e. The zero-order chi connectivity index (χ0) is 11.9. The van der Waals surface area contributed by atoms with Gasteiger partial charge in [0.1, 0.15) is 0 Å². The summed E-state index contributed by atoms with van der Waals surface area (Å²) in [6.07, 6.45) is 2.82. The molecule has 0 aliphatic carbocycles. The SMILES string of the molecule is CN(C)CCC(=O)NCCCC(C)(C)C. The van der Waals surface area contributed by atoms with Crippen LogP contribution >= 0.6 is 0 Å². The molecule has 3 heteroatoms. The highest BCUT2D eigenvalue weighted by atomic mass is 16.1. The molecule has 0 saturated carbocycles. The molecule has 0 spiro atoms. The summed E-state index contributed by atoms with van der Waals surface area (Å²) < 4.78 is 0. The van der Waals surface area contributed by atoms with Crippen LogP contribution < -0.4 is 5.32 Å². The molecule has 0 aromatic rings. The van der Waals surface area contributed by atoms with E-state index in [9.17, 15) is 4.79 Å². The molecule has 0 aromatic heterocycles. The maximum Gasteiger partial charge on any atom is 0.221 e. The van der Waals surface area contributed by atoms with E-state index < -0.39 is 0 Å². The van der Waals surface area contributed by atoms with Crippen molar-refractivity contribution in [1.29, 1.82) is 0 Å². The van der Waals surface area contributed by atoms with Gasteiger partial charge in [0.2, 0.25) is 5.91 Å². The Morgan fingerprint density at radius 2 is 1.87 bits per heavy atom. The number of carbonyl (C=O) groups excluding carboxylic acids is 1. The molecule has 0 radical (unpaired) electrons. The minimum Gasteiger partial charge on any atom is -0.356 e. The second kappa shape index (κ2) is 6.83. The molecule has 1 amide bonds. The van der Waals surface area contributed by atoms with Crippen molar-refractivity contribution >= 4 is 5.91 Å². The van der Waals surface area contributed by atoms with E-state index in [0.717, 1.165) is 25.9 Å². The Kier molecular flexibility index (Phi) is 6.57. The Hall–Kier alpha value is -0.570. The van der Waals surface area contributed by atoms with Crippen molar-refractivity contribution < 1.29 is 4.79 Å². The summed E-state index contributed by atoms with van der Waals surface area (Å²) in [7, 11) is 3.96. The highest BCUT2D eigenvalue weighted by molar-refractivity contribution is 5.75. The van der Waals surface area contributed by atoms with Crippen LogP contribution in [0.3, 0.4) is 0 Å². The van der Waals surface area contributed by atoms with Gasteiger partial charge in [0.25, 0.3) is 0 Å². The molecule has 0 aliphatic rings. The van der Waals surface area contributed by atoms with Gasteiger partial charge in [-0.05, 0) is 32.4 Å². The largest absolute Gasteiger partial charge is 0.356 e. The molecule has 0 fully saturated rings. The summed E-state index contributed by atoms with van der Waals surface area (Å²) in [5, 5.41) is 2.94. The highest BCUT2D eigenvalue weighted by Crippen LogP contribution is 2.19. The van der Waals surface area contributed by atoms with Crippen molar-refractivity contribution in [2.24, 2.45) is 5.41 Å². The first-order valence-electron chi connectivity index (χ1n) is 5.73. The Morgan fingerprint density at radius 1 is 1.27 bits per heavy atom. The number of hydrogen-bond donors (Lipinski definition) is 1.